The van der Waals surface area contributed by atoms with Crippen LogP contribution in [0.1, 0.15) is 25.0 Å². The van der Waals surface area contributed by atoms with E-state index in [1.54, 1.807) is 0 Å². The predicted octanol–water partition coefficient (Wildman–Crippen LogP) is 3.22. The van der Waals surface area contributed by atoms with Crippen LogP contribution in [0.15, 0.2) is 60.7 Å². The second-order valence-electron chi connectivity index (χ2n) is 7.16. The van der Waals surface area contributed by atoms with Gasteiger partial charge in [-0.3, -0.25) is 14.5 Å². The van der Waals surface area contributed by atoms with Gasteiger partial charge in [-0.25, -0.2) is 4.79 Å². The Morgan fingerprint density at radius 2 is 1.54 bits per heavy atom. The van der Waals surface area contributed by atoms with E-state index in [4.69, 9.17) is 4.74 Å². The van der Waals surface area contributed by atoms with E-state index in [-0.39, 0.29) is 25.0 Å². The Kier molecular flexibility index (Phi) is 6.09. The molecule has 28 heavy (non-hydrogen) atoms. The Labute approximate surface area is 164 Å². The highest BCUT2D eigenvalue weighted by Gasteiger charge is 2.47. The molecule has 0 radical (unpaired) electrons. The van der Waals surface area contributed by atoms with Gasteiger partial charge in [-0.1, -0.05) is 74.5 Å². The zero-order valence-electron chi connectivity index (χ0n) is 16.1. The highest BCUT2D eigenvalue weighted by molar-refractivity contribution is 6.06. The van der Waals surface area contributed by atoms with Crippen molar-refractivity contribution >= 4 is 17.9 Å². The first-order valence-electron chi connectivity index (χ1n) is 9.33. The van der Waals surface area contributed by atoms with Gasteiger partial charge in [-0.15, -0.1) is 0 Å². The van der Waals surface area contributed by atoms with Gasteiger partial charge in [0.25, 0.3) is 5.91 Å². The van der Waals surface area contributed by atoms with E-state index < -0.39 is 18.0 Å². The molecule has 0 aromatic heterocycles. The normalized spacial score (nSPS) is 16.8. The van der Waals surface area contributed by atoms with E-state index in [0.29, 0.717) is 6.54 Å². The van der Waals surface area contributed by atoms with Crippen molar-refractivity contribution in [3.05, 3.63) is 71.8 Å². The van der Waals surface area contributed by atoms with Crippen LogP contribution in [-0.4, -0.2) is 40.3 Å². The SMILES string of the molecule is CC(C)[C@H]1C(=O)N(CC(=O)OCc2ccccc2)C(=O)N1Cc1ccccc1. The molecule has 1 heterocycles. The van der Waals surface area contributed by atoms with Crippen molar-refractivity contribution in [1.29, 1.82) is 0 Å². The van der Waals surface area contributed by atoms with Crippen LogP contribution in [-0.2, 0) is 27.5 Å². The first-order chi connectivity index (χ1) is 13.5. The number of benzene rings is 2. The summed E-state index contributed by atoms with van der Waals surface area (Å²) < 4.78 is 5.23. The molecule has 0 unspecified atom stereocenters. The molecule has 2 aromatic carbocycles. The number of carbonyl (C=O) groups is 3. The molecule has 0 bridgehead atoms. The molecule has 1 atom stereocenters. The Morgan fingerprint density at radius 1 is 0.964 bits per heavy atom. The number of amides is 3. The highest BCUT2D eigenvalue weighted by atomic mass is 16.5. The van der Waals surface area contributed by atoms with E-state index in [9.17, 15) is 14.4 Å². The number of ether oxygens (including phenoxy) is 1. The van der Waals surface area contributed by atoms with Crippen molar-refractivity contribution in [2.45, 2.75) is 33.0 Å². The molecule has 3 amide bonds. The van der Waals surface area contributed by atoms with E-state index in [1.165, 1.54) is 4.90 Å². The van der Waals surface area contributed by atoms with Crippen molar-refractivity contribution in [3.8, 4) is 0 Å². The fourth-order valence-electron chi connectivity index (χ4n) is 3.31. The molecule has 146 valence electrons. The average molecular weight is 380 g/mol. The van der Waals surface area contributed by atoms with Crippen molar-refractivity contribution in [2.24, 2.45) is 5.92 Å². The van der Waals surface area contributed by atoms with E-state index in [1.807, 2.05) is 74.5 Å². The lowest BCUT2D eigenvalue weighted by atomic mass is 10.0. The maximum absolute atomic E-state index is 12.9. The van der Waals surface area contributed by atoms with Crippen LogP contribution >= 0.6 is 0 Å². The summed E-state index contributed by atoms with van der Waals surface area (Å²) in [6.07, 6.45) is 0. The number of hydrogen-bond acceptors (Lipinski definition) is 4. The highest BCUT2D eigenvalue weighted by Crippen LogP contribution is 2.25. The second kappa shape index (κ2) is 8.69. The Balaban J connectivity index is 1.67. The van der Waals surface area contributed by atoms with Crippen molar-refractivity contribution in [1.82, 2.24) is 9.80 Å². The van der Waals surface area contributed by atoms with Crippen LogP contribution in [0.3, 0.4) is 0 Å². The average Bonchev–Trinajstić information content (AvgIpc) is 2.92. The first kappa shape index (κ1) is 19.6. The molecule has 6 heteroatoms. The molecular formula is C22H24N2O4. The Morgan fingerprint density at radius 3 is 2.11 bits per heavy atom. The number of hydrogen-bond donors (Lipinski definition) is 0. The third-order valence-corrected chi connectivity index (χ3v) is 4.69. The van der Waals surface area contributed by atoms with Gasteiger partial charge in [-0.05, 0) is 17.0 Å². The molecule has 0 saturated carbocycles. The van der Waals surface area contributed by atoms with Gasteiger partial charge in [-0.2, -0.15) is 0 Å². The van der Waals surface area contributed by atoms with Crippen molar-refractivity contribution < 1.29 is 19.1 Å². The number of esters is 1. The summed E-state index contributed by atoms with van der Waals surface area (Å²) in [7, 11) is 0. The van der Waals surface area contributed by atoms with Crippen LogP contribution in [0.4, 0.5) is 4.79 Å². The zero-order chi connectivity index (χ0) is 20.1. The van der Waals surface area contributed by atoms with Gasteiger partial charge in [0.05, 0.1) is 0 Å². The molecule has 0 N–H and O–H groups in total. The minimum atomic E-state index is -0.602. The van der Waals surface area contributed by atoms with Gasteiger partial charge in [0.1, 0.15) is 19.2 Å². The van der Waals surface area contributed by atoms with Gasteiger partial charge in [0.2, 0.25) is 0 Å². The summed E-state index contributed by atoms with van der Waals surface area (Å²) in [5, 5.41) is 0. The summed E-state index contributed by atoms with van der Waals surface area (Å²) in [6.45, 7) is 3.84. The summed E-state index contributed by atoms with van der Waals surface area (Å²) >= 11 is 0. The van der Waals surface area contributed by atoms with Gasteiger partial charge >= 0.3 is 12.0 Å². The van der Waals surface area contributed by atoms with E-state index in [2.05, 4.69) is 0 Å². The number of rotatable bonds is 7. The number of imide groups is 1. The summed E-state index contributed by atoms with van der Waals surface area (Å²) in [6, 6.07) is 17.7. The third kappa shape index (κ3) is 4.39. The van der Waals surface area contributed by atoms with E-state index >= 15 is 0 Å². The molecule has 0 spiro atoms. The molecule has 1 aliphatic heterocycles. The van der Waals surface area contributed by atoms with Crippen LogP contribution in [0.2, 0.25) is 0 Å². The molecule has 1 fully saturated rings. The maximum Gasteiger partial charge on any atom is 0.328 e. The lowest BCUT2D eigenvalue weighted by molar-refractivity contribution is -0.148. The topological polar surface area (TPSA) is 66.9 Å². The smallest absolute Gasteiger partial charge is 0.328 e. The maximum atomic E-state index is 12.9. The summed E-state index contributed by atoms with van der Waals surface area (Å²) in [5.74, 6) is -1.02. The third-order valence-electron chi connectivity index (χ3n) is 4.69. The summed E-state index contributed by atoms with van der Waals surface area (Å²) in [4.78, 5) is 40.4. The van der Waals surface area contributed by atoms with Crippen molar-refractivity contribution in [2.75, 3.05) is 6.54 Å². The predicted molar refractivity (Wildman–Crippen MR) is 104 cm³/mol. The minimum Gasteiger partial charge on any atom is -0.459 e. The fourth-order valence-corrected chi connectivity index (χ4v) is 3.31. The fraction of sp³-hybridized carbons (Fsp3) is 0.318. The molecule has 1 aliphatic rings. The van der Waals surface area contributed by atoms with E-state index in [0.717, 1.165) is 16.0 Å². The zero-order valence-corrected chi connectivity index (χ0v) is 16.1. The molecular weight excluding hydrogens is 356 g/mol. The van der Waals surface area contributed by atoms with Gasteiger partial charge in [0.15, 0.2) is 0 Å². The number of nitrogens with zero attached hydrogens (tertiary/aromatic N) is 2. The quantitative estimate of drug-likeness (QED) is 0.546. The Bertz CT molecular complexity index is 836. The molecule has 3 rings (SSSR count). The molecule has 6 nitrogen and oxygen atoms in total. The second-order valence-corrected chi connectivity index (χ2v) is 7.16. The standard InChI is InChI=1S/C22H24N2O4/c1-16(2)20-21(26)24(14-19(25)28-15-18-11-7-4-8-12-18)22(27)23(20)13-17-9-5-3-6-10-17/h3-12,16,20H,13-15H2,1-2H3/t20-/m0/s1. The van der Waals surface area contributed by atoms with Gasteiger partial charge < -0.3 is 9.64 Å². The Hall–Kier alpha value is -3.15. The molecule has 1 saturated heterocycles. The van der Waals surface area contributed by atoms with Gasteiger partial charge in [0, 0.05) is 6.54 Å². The largest absolute Gasteiger partial charge is 0.459 e. The molecule has 2 aromatic rings. The van der Waals surface area contributed by atoms with Crippen LogP contribution in [0.5, 0.6) is 0 Å². The monoisotopic (exact) mass is 380 g/mol. The van der Waals surface area contributed by atoms with Crippen LogP contribution in [0, 0.1) is 5.92 Å². The number of carbonyl (C=O) groups excluding carboxylic acids is 3. The summed E-state index contributed by atoms with van der Waals surface area (Å²) in [5.41, 5.74) is 1.78. The lowest BCUT2D eigenvalue weighted by Gasteiger charge is -2.24. The van der Waals surface area contributed by atoms with Crippen LogP contribution < -0.4 is 0 Å². The number of urea groups is 1. The lowest BCUT2D eigenvalue weighted by Crippen LogP contribution is -2.38. The van der Waals surface area contributed by atoms with Crippen molar-refractivity contribution in [3.63, 3.8) is 0 Å². The van der Waals surface area contributed by atoms with Crippen LogP contribution in [0.25, 0.3) is 0 Å². The minimum absolute atomic E-state index is 0.0644. The molecule has 0 aliphatic carbocycles. The first-order valence-corrected chi connectivity index (χ1v) is 9.33.